The van der Waals surface area contributed by atoms with Crippen molar-refractivity contribution in [2.24, 2.45) is 5.92 Å². The van der Waals surface area contributed by atoms with Gasteiger partial charge in [-0.15, -0.1) is 0 Å². The molecule has 0 saturated carbocycles. The average molecular weight is 218 g/mol. The van der Waals surface area contributed by atoms with Crippen LogP contribution in [0.5, 0.6) is 0 Å². The van der Waals surface area contributed by atoms with Crippen molar-refractivity contribution in [2.45, 2.75) is 13.3 Å². The number of amides is 1. The highest BCUT2D eigenvalue weighted by Gasteiger charge is 2.24. The zero-order chi connectivity index (χ0) is 11.5. The Hall–Kier alpha value is -1.84. The van der Waals surface area contributed by atoms with Gasteiger partial charge in [-0.1, -0.05) is 13.0 Å². The fraction of sp³-hybridized carbons (Fsp3) is 0.333. The van der Waals surface area contributed by atoms with Crippen LogP contribution in [0.1, 0.15) is 18.9 Å². The highest BCUT2D eigenvalue weighted by Crippen LogP contribution is 2.26. The molecule has 2 heterocycles. The normalized spacial score (nSPS) is 20.4. The lowest BCUT2D eigenvalue weighted by atomic mass is 9.99. The molecule has 1 unspecified atom stereocenters. The molecule has 1 aliphatic rings. The van der Waals surface area contributed by atoms with Gasteiger partial charge in [0.1, 0.15) is 0 Å². The maximum Gasteiger partial charge on any atom is 0.411 e. The molecule has 84 valence electrons. The molecule has 0 aromatic carbocycles. The molecule has 1 amide bonds. The van der Waals surface area contributed by atoms with E-state index in [1.165, 1.54) is 4.90 Å². The zero-order valence-electron chi connectivity index (χ0n) is 9.13. The first-order valence-corrected chi connectivity index (χ1v) is 5.29. The lowest BCUT2D eigenvalue weighted by molar-refractivity contribution is 0.159. The summed E-state index contributed by atoms with van der Waals surface area (Å²) in [5.41, 5.74) is 1.61. The minimum Gasteiger partial charge on any atom is -0.465 e. The summed E-state index contributed by atoms with van der Waals surface area (Å²) >= 11 is 0. The van der Waals surface area contributed by atoms with Gasteiger partial charge in [-0.25, -0.2) is 4.79 Å². The molecule has 2 rings (SSSR count). The Bertz CT molecular complexity index is 414. The molecule has 1 aromatic heterocycles. The van der Waals surface area contributed by atoms with Crippen LogP contribution < -0.4 is 0 Å². The van der Waals surface area contributed by atoms with Crippen molar-refractivity contribution in [3.8, 4) is 0 Å². The summed E-state index contributed by atoms with van der Waals surface area (Å²) in [6.45, 7) is 2.60. The van der Waals surface area contributed by atoms with Gasteiger partial charge in [-0.05, 0) is 24.5 Å². The number of rotatable bonds is 1. The first-order valence-electron chi connectivity index (χ1n) is 5.29. The third-order valence-corrected chi connectivity index (χ3v) is 2.69. The topological polar surface area (TPSA) is 53.4 Å². The second kappa shape index (κ2) is 4.35. The van der Waals surface area contributed by atoms with Gasteiger partial charge >= 0.3 is 6.09 Å². The van der Waals surface area contributed by atoms with Crippen LogP contribution in [0.25, 0.3) is 5.70 Å². The summed E-state index contributed by atoms with van der Waals surface area (Å²) in [5, 5.41) is 9.15. The van der Waals surface area contributed by atoms with E-state index < -0.39 is 6.09 Å². The fourth-order valence-electron chi connectivity index (χ4n) is 1.88. The number of allylic oxidation sites excluding steroid dienone is 1. The summed E-state index contributed by atoms with van der Waals surface area (Å²) < 4.78 is 0. The Morgan fingerprint density at radius 1 is 1.62 bits per heavy atom. The molecule has 1 N–H and O–H groups in total. The fourth-order valence-corrected chi connectivity index (χ4v) is 1.88. The van der Waals surface area contributed by atoms with Crippen molar-refractivity contribution >= 4 is 11.8 Å². The Kier molecular flexibility index (Phi) is 2.90. The summed E-state index contributed by atoms with van der Waals surface area (Å²) in [6.07, 6.45) is 5.35. The van der Waals surface area contributed by atoms with Crippen molar-refractivity contribution in [3.05, 3.63) is 36.2 Å². The van der Waals surface area contributed by atoms with Gasteiger partial charge in [-0.3, -0.25) is 9.88 Å². The van der Waals surface area contributed by atoms with Crippen molar-refractivity contribution in [2.75, 3.05) is 6.54 Å². The number of hydrogen-bond acceptors (Lipinski definition) is 2. The van der Waals surface area contributed by atoms with Gasteiger partial charge in [-0.2, -0.15) is 0 Å². The predicted molar refractivity (Wildman–Crippen MR) is 60.7 cm³/mol. The van der Waals surface area contributed by atoms with E-state index in [0.29, 0.717) is 12.5 Å². The number of hydrogen-bond donors (Lipinski definition) is 1. The molecule has 0 aliphatic carbocycles. The van der Waals surface area contributed by atoms with Crippen LogP contribution in [0.15, 0.2) is 30.6 Å². The number of carboxylic acid groups (broad SMARTS) is 1. The molecule has 16 heavy (non-hydrogen) atoms. The van der Waals surface area contributed by atoms with E-state index >= 15 is 0 Å². The van der Waals surface area contributed by atoms with E-state index in [2.05, 4.69) is 4.98 Å². The van der Waals surface area contributed by atoms with Gasteiger partial charge in [0.05, 0.1) is 5.70 Å². The summed E-state index contributed by atoms with van der Waals surface area (Å²) in [4.78, 5) is 16.6. The van der Waals surface area contributed by atoms with Gasteiger partial charge < -0.3 is 5.11 Å². The molecular weight excluding hydrogens is 204 g/mol. The lowest BCUT2D eigenvalue weighted by Gasteiger charge is -2.29. The Balaban J connectivity index is 2.35. The summed E-state index contributed by atoms with van der Waals surface area (Å²) in [7, 11) is 0. The highest BCUT2D eigenvalue weighted by molar-refractivity contribution is 5.81. The number of nitrogens with zero attached hydrogens (tertiary/aromatic N) is 2. The van der Waals surface area contributed by atoms with Crippen LogP contribution in [0, 0.1) is 5.92 Å². The number of aromatic nitrogens is 1. The minimum absolute atomic E-state index is 0.372. The van der Waals surface area contributed by atoms with E-state index in [-0.39, 0.29) is 0 Å². The Labute approximate surface area is 94.2 Å². The van der Waals surface area contributed by atoms with Gasteiger partial charge in [0.25, 0.3) is 0 Å². The van der Waals surface area contributed by atoms with E-state index in [9.17, 15) is 4.79 Å². The Morgan fingerprint density at radius 2 is 2.44 bits per heavy atom. The lowest BCUT2D eigenvalue weighted by Crippen LogP contribution is -2.34. The molecular formula is C12H14N2O2. The molecule has 0 fully saturated rings. The maximum atomic E-state index is 11.1. The highest BCUT2D eigenvalue weighted by atomic mass is 16.4. The monoisotopic (exact) mass is 218 g/mol. The van der Waals surface area contributed by atoms with Gasteiger partial charge in [0.15, 0.2) is 0 Å². The van der Waals surface area contributed by atoms with E-state index in [0.717, 1.165) is 17.7 Å². The van der Waals surface area contributed by atoms with Crippen LogP contribution in [-0.4, -0.2) is 27.6 Å². The minimum atomic E-state index is -0.901. The molecule has 0 radical (unpaired) electrons. The van der Waals surface area contributed by atoms with Crippen LogP contribution in [0.3, 0.4) is 0 Å². The van der Waals surface area contributed by atoms with Crippen molar-refractivity contribution in [3.63, 3.8) is 0 Å². The quantitative estimate of drug-likeness (QED) is 0.787. The smallest absolute Gasteiger partial charge is 0.411 e. The molecule has 4 nitrogen and oxygen atoms in total. The molecule has 1 aliphatic heterocycles. The second-order valence-electron chi connectivity index (χ2n) is 4.07. The van der Waals surface area contributed by atoms with Gasteiger partial charge in [0, 0.05) is 24.5 Å². The molecule has 1 aromatic rings. The molecule has 4 heteroatoms. The third-order valence-electron chi connectivity index (χ3n) is 2.69. The van der Waals surface area contributed by atoms with Crippen LogP contribution >= 0.6 is 0 Å². The number of pyridine rings is 1. The van der Waals surface area contributed by atoms with E-state index in [1.807, 2.05) is 25.1 Å². The van der Waals surface area contributed by atoms with Crippen LogP contribution in [0.2, 0.25) is 0 Å². The van der Waals surface area contributed by atoms with E-state index in [4.69, 9.17) is 5.11 Å². The van der Waals surface area contributed by atoms with Crippen LogP contribution in [-0.2, 0) is 0 Å². The first-order chi connectivity index (χ1) is 7.68. The summed E-state index contributed by atoms with van der Waals surface area (Å²) in [6, 6.07) is 3.69. The third kappa shape index (κ3) is 2.05. The van der Waals surface area contributed by atoms with Crippen molar-refractivity contribution < 1.29 is 9.90 Å². The molecule has 0 bridgehead atoms. The molecule has 1 atom stereocenters. The van der Waals surface area contributed by atoms with E-state index in [1.54, 1.807) is 12.4 Å². The largest absolute Gasteiger partial charge is 0.465 e. The predicted octanol–water partition coefficient (Wildman–Crippen LogP) is 2.44. The molecule has 0 saturated heterocycles. The second-order valence-corrected chi connectivity index (χ2v) is 4.07. The van der Waals surface area contributed by atoms with Gasteiger partial charge in [0.2, 0.25) is 0 Å². The zero-order valence-corrected chi connectivity index (χ0v) is 9.13. The first kappa shape index (κ1) is 10.7. The van der Waals surface area contributed by atoms with Crippen molar-refractivity contribution in [1.29, 1.82) is 0 Å². The maximum absolute atomic E-state index is 11.1. The Morgan fingerprint density at radius 3 is 3.06 bits per heavy atom. The standard InChI is InChI=1S/C12H14N2O2/c1-9-4-5-11(14(8-9)12(15)16)10-3-2-6-13-7-10/h2-3,5-7,9H,4,8H2,1H3,(H,15,16). The van der Waals surface area contributed by atoms with Crippen LogP contribution in [0.4, 0.5) is 4.79 Å². The molecule has 0 spiro atoms. The van der Waals surface area contributed by atoms with Crippen molar-refractivity contribution in [1.82, 2.24) is 9.88 Å². The average Bonchev–Trinajstić information content (AvgIpc) is 2.30. The number of carbonyl (C=O) groups is 1. The SMILES string of the molecule is CC1CC=C(c2cccnc2)N(C(=O)O)C1. The summed E-state index contributed by atoms with van der Waals surface area (Å²) in [5.74, 6) is 0.372.